The van der Waals surface area contributed by atoms with Gasteiger partial charge in [0.2, 0.25) is 0 Å². The predicted octanol–water partition coefficient (Wildman–Crippen LogP) is 4.69. The van der Waals surface area contributed by atoms with Crippen molar-refractivity contribution in [1.82, 2.24) is 4.90 Å². The Bertz CT molecular complexity index is 1000. The third-order valence-corrected chi connectivity index (χ3v) is 6.01. The van der Waals surface area contributed by atoms with Crippen molar-refractivity contribution in [1.29, 1.82) is 0 Å². The minimum atomic E-state index is -0.581. The summed E-state index contributed by atoms with van der Waals surface area (Å²) in [5.74, 6) is 3.38. The van der Waals surface area contributed by atoms with Crippen molar-refractivity contribution in [3.8, 4) is 23.0 Å². The molecule has 3 N–H and O–H groups in total. The smallest absolute Gasteiger partial charge is 0.163 e. The van der Waals surface area contributed by atoms with E-state index in [4.69, 9.17) is 19.9 Å². The average Bonchev–Trinajstić information content (AvgIpc) is 2.84. The molecule has 1 aliphatic rings. The second-order valence-electron chi connectivity index (χ2n) is 8.43. The van der Waals surface area contributed by atoms with Crippen LogP contribution in [0.5, 0.6) is 23.0 Å². The maximum atomic E-state index is 10.5. The molecule has 3 aromatic rings. The predicted molar refractivity (Wildman–Crippen MR) is 130 cm³/mol. The van der Waals surface area contributed by atoms with E-state index >= 15 is 0 Å². The number of β-amino-alcohol motifs (C(OH)–C–C–N with tert-alkyl or cyclic N) is 1. The van der Waals surface area contributed by atoms with E-state index in [0.29, 0.717) is 29.6 Å². The monoisotopic (exact) mass is 448 g/mol. The van der Waals surface area contributed by atoms with Crippen LogP contribution in [0.25, 0.3) is 0 Å². The Morgan fingerprint density at radius 2 is 1.64 bits per heavy atom. The summed E-state index contributed by atoms with van der Waals surface area (Å²) in [5.41, 5.74) is 7.77. The average molecular weight is 449 g/mol. The highest BCUT2D eigenvalue weighted by atomic mass is 16.5. The Labute approximate surface area is 195 Å². The van der Waals surface area contributed by atoms with E-state index in [1.165, 1.54) is 5.56 Å². The molecule has 0 aliphatic carbocycles. The number of ether oxygens (including phenoxy) is 3. The minimum Gasteiger partial charge on any atom is -0.493 e. The van der Waals surface area contributed by atoms with Crippen molar-refractivity contribution < 1.29 is 19.3 Å². The van der Waals surface area contributed by atoms with Crippen LogP contribution < -0.4 is 19.9 Å². The SMILES string of the molecule is COc1ccc(N)cc1OC[C@@H](O)CN1CCC(c2ccc(Oc3ccccc3)cc2)CC1. The Morgan fingerprint density at radius 1 is 0.939 bits per heavy atom. The number of nitrogens with zero attached hydrogens (tertiary/aromatic N) is 1. The van der Waals surface area contributed by atoms with Gasteiger partial charge in [-0.05, 0) is 73.8 Å². The van der Waals surface area contributed by atoms with Gasteiger partial charge in [-0.3, -0.25) is 0 Å². The van der Waals surface area contributed by atoms with Gasteiger partial charge in [-0.1, -0.05) is 30.3 Å². The number of rotatable bonds is 9. The van der Waals surface area contributed by atoms with E-state index in [0.717, 1.165) is 37.4 Å². The number of para-hydroxylation sites is 1. The molecule has 3 aromatic carbocycles. The summed E-state index contributed by atoms with van der Waals surface area (Å²) in [4.78, 5) is 2.30. The molecule has 6 heteroatoms. The Hall–Kier alpha value is -3.22. The summed E-state index contributed by atoms with van der Waals surface area (Å²) in [5, 5.41) is 10.5. The Morgan fingerprint density at radius 3 is 2.33 bits per heavy atom. The molecule has 0 bridgehead atoms. The molecule has 1 atom stereocenters. The van der Waals surface area contributed by atoms with Gasteiger partial charge in [0.05, 0.1) is 7.11 Å². The molecule has 174 valence electrons. The number of nitrogen functional groups attached to an aromatic ring is 1. The van der Waals surface area contributed by atoms with Gasteiger partial charge in [0.1, 0.15) is 24.2 Å². The molecule has 0 saturated carbocycles. The number of piperidine rings is 1. The van der Waals surface area contributed by atoms with E-state index in [9.17, 15) is 5.11 Å². The quantitative estimate of drug-likeness (QED) is 0.463. The number of anilines is 1. The highest BCUT2D eigenvalue weighted by Gasteiger charge is 2.22. The van der Waals surface area contributed by atoms with E-state index in [1.54, 1.807) is 25.3 Å². The largest absolute Gasteiger partial charge is 0.493 e. The van der Waals surface area contributed by atoms with Crippen LogP contribution in [0.2, 0.25) is 0 Å². The molecule has 1 aliphatic heterocycles. The Balaban J connectivity index is 1.22. The van der Waals surface area contributed by atoms with Crippen LogP contribution in [-0.2, 0) is 0 Å². The summed E-state index contributed by atoms with van der Waals surface area (Å²) in [6, 6.07) is 23.5. The van der Waals surface area contributed by atoms with Gasteiger partial charge in [0, 0.05) is 18.3 Å². The molecule has 0 radical (unpaired) electrons. The van der Waals surface area contributed by atoms with E-state index in [-0.39, 0.29) is 6.61 Å². The minimum absolute atomic E-state index is 0.197. The van der Waals surface area contributed by atoms with Gasteiger partial charge in [0.25, 0.3) is 0 Å². The Kier molecular flexibility index (Phi) is 7.70. The highest BCUT2D eigenvalue weighted by molar-refractivity contribution is 5.51. The third kappa shape index (κ3) is 6.40. The van der Waals surface area contributed by atoms with E-state index in [2.05, 4.69) is 17.0 Å². The van der Waals surface area contributed by atoms with Crippen LogP contribution in [0.3, 0.4) is 0 Å². The third-order valence-electron chi connectivity index (χ3n) is 6.01. The van der Waals surface area contributed by atoms with Gasteiger partial charge in [-0.15, -0.1) is 0 Å². The number of aliphatic hydroxyl groups is 1. The second kappa shape index (κ2) is 11.1. The zero-order valence-corrected chi connectivity index (χ0v) is 19.0. The first-order valence-electron chi connectivity index (χ1n) is 11.4. The molecule has 1 fully saturated rings. The molecular formula is C27H32N2O4. The number of hydrogen-bond acceptors (Lipinski definition) is 6. The first kappa shape index (κ1) is 23.0. The number of nitrogens with two attached hydrogens (primary N) is 1. The molecule has 0 unspecified atom stereocenters. The van der Waals surface area contributed by atoms with Crippen LogP contribution in [0.15, 0.2) is 72.8 Å². The number of methoxy groups -OCH3 is 1. The van der Waals surface area contributed by atoms with Crippen LogP contribution in [0.1, 0.15) is 24.3 Å². The van der Waals surface area contributed by atoms with Gasteiger partial charge >= 0.3 is 0 Å². The molecule has 0 aromatic heterocycles. The summed E-state index contributed by atoms with van der Waals surface area (Å²) in [7, 11) is 1.59. The zero-order valence-electron chi connectivity index (χ0n) is 19.0. The molecule has 1 heterocycles. The first-order valence-corrected chi connectivity index (χ1v) is 11.4. The molecule has 0 amide bonds. The van der Waals surface area contributed by atoms with Crippen LogP contribution in [0, 0.1) is 0 Å². The molecule has 33 heavy (non-hydrogen) atoms. The zero-order chi connectivity index (χ0) is 23.0. The number of aliphatic hydroxyl groups excluding tert-OH is 1. The van der Waals surface area contributed by atoms with E-state index < -0.39 is 6.10 Å². The topological polar surface area (TPSA) is 77.2 Å². The summed E-state index contributed by atoms with van der Waals surface area (Å²) in [6.45, 7) is 2.68. The van der Waals surface area contributed by atoms with Crippen molar-refractivity contribution in [3.05, 3.63) is 78.4 Å². The summed E-state index contributed by atoms with van der Waals surface area (Å²) in [6.07, 6.45) is 1.55. The lowest BCUT2D eigenvalue weighted by Gasteiger charge is -2.33. The molecular weight excluding hydrogens is 416 g/mol. The van der Waals surface area contributed by atoms with Crippen LogP contribution >= 0.6 is 0 Å². The highest BCUT2D eigenvalue weighted by Crippen LogP contribution is 2.31. The maximum Gasteiger partial charge on any atom is 0.163 e. The van der Waals surface area contributed by atoms with Crippen molar-refractivity contribution in [2.75, 3.05) is 39.1 Å². The normalized spacial score (nSPS) is 15.7. The van der Waals surface area contributed by atoms with Crippen molar-refractivity contribution >= 4 is 5.69 Å². The van der Waals surface area contributed by atoms with Gasteiger partial charge in [-0.2, -0.15) is 0 Å². The molecule has 6 nitrogen and oxygen atoms in total. The summed E-state index contributed by atoms with van der Waals surface area (Å²) < 4.78 is 17.0. The van der Waals surface area contributed by atoms with Crippen molar-refractivity contribution in [3.63, 3.8) is 0 Å². The lowest BCUT2D eigenvalue weighted by atomic mass is 9.89. The fourth-order valence-electron chi connectivity index (χ4n) is 4.22. The lowest BCUT2D eigenvalue weighted by molar-refractivity contribution is 0.0586. The summed E-state index contributed by atoms with van der Waals surface area (Å²) >= 11 is 0. The van der Waals surface area contributed by atoms with Crippen LogP contribution in [0.4, 0.5) is 5.69 Å². The van der Waals surface area contributed by atoms with E-state index in [1.807, 2.05) is 42.5 Å². The lowest BCUT2D eigenvalue weighted by Crippen LogP contribution is -2.40. The van der Waals surface area contributed by atoms with Gasteiger partial charge in [-0.25, -0.2) is 0 Å². The van der Waals surface area contributed by atoms with Gasteiger partial charge < -0.3 is 30.0 Å². The van der Waals surface area contributed by atoms with Crippen LogP contribution in [-0.4, -0.2) is 49.5 Å². The molecule has 4 rings (SSSR count). The van der Waals surface area contributed by atoms with Crippen molar-refractivity contribution in [2.24, 2.45) is 0 Å². The number of hydrogen-bond donors (Lipinski definition) is 2. The van der Waals surface area contributed by atoms with Crippen molar-refractivity contribution in [2.45, 2.75) is 24.9 Å². The number of benzene rings is 3. The molecule has 1 saturated heterocycles. The number of likely N-dealkylation sites (tertiary alicyclic amines) is 1. The fourth-order valence-corrected chi connectivity index (χ4v) is 4.22. The maximum absolute atomic E-state index is 10.5. The standard InChI is InChI=1S/C27H32N2O4/c1-31-26-12-9-22(28)17-27(26)32-19-23(30)18-29-15-13-21(14-16-29)20-7-10-25(11-8-20)33-24-5-3-2-4-6-24/h2-12,17,21,23,30H,13-16,18-19,28H2,1H3/t23-/m0/s1. The fraction of sp³-hybridized carbons (Fsp3) is 0.333. The van der Waals surface area contributed by atoms with Gasteiger partial charge in [0.15, 0.2) is 11.5 Å². The molecule has 0 spiro atoms. The second-order valence-corrected chi connectivity index (χ2v) is 8.43. The first-order chi connectivity index (χ1) is 16.1.